The summed E-state index contributed by atoms with van der Waals surface area (Å²) in [5.74, 6) is -8.33. The SMILES string of the molecule is CC(C)(C)[Si](C)(C)O[C@H]1c2c(S(=O)(=O)C(F)F)ccc(Oc3ccc(F)c(Cl)c3)c2CC1(F)F. The topological polar surface area (TPSA) is 52.6 Å². The Morgan fingerprint density at radius 1 is 1.15 bits per heavy atom. The van der Waals surface area contributed by atoms with Crippen molar-refractivity contribution in [2.45, 2.75) is 68.0 Å². The van der Waals surface area contributed by atoms with Crippen molar-refractivity contribution in [3.8, 4) is 11.5 Å². The molecule has 34 heavy (non-hydrogen) atoms. The first-order chi connectivity index (χ1) is 15.4. The summed E-state index contributed by atoms with van der Waals surface area (Å²) in [6.45, 7) is 8.82. The average Bonchev–Trinajstić information content (AvgIpc) is 2.94. The fourth-order valence-corrected chi connectivity index (χ4v) is 5.75. The number of sulfone groups is 1. The van der Waals surface area contributed by atoms with Crippen LogP contribution in [0.4, 0.5) is 22.0 Å². The molecule has 0 saturated carbocycles. The lowest BCUT2D eigenvalue weighted by Crippen LogP contribution is -2.44. The summed E-state index contributed by atoms with van der Waals surface area (Å²) in [5.41, 5.74) is -0.809. The van der Waals surface area contributed by atoms with Gasteiger partial charge in [-0.25, -0.2) is 21.6 Å². The molecule has 0 radical (unpaired) electrons. The predicted octanol–water partition coefficient (Wildman–Crippen LogP) is 7.52. The van der Waals surface area contributed by atoms with Crippen LogP contribution in [-0.2, 0) is 20.7 Å². The van der Waals surface area contributed by atoms with E-state index in [4.69, 9.17) is 20.8 Å². The lowest BCUT2D eigenvalue weighted by molar-refractivity contribution is -0.0909. The molecular formula is C22H24ClF5O4SSi. The quantitative estimate of drug-likeness (QED) is 0.280. The Bertz CT molecular complexity index is 1210. The molecule has 4 nitrogen and oxygen atoms in total. The number of hydrogen-bond donors (Lipinski definition) is 0. The van der Waals surface area contributed by atoms with Crippen molar-refractivity contribution in [2.24, 2.45) is 0 Å². The minimum atomic E-state index is -5.24. The van der Waals surface area contributed by atoms with E-state index >= 15 is 8.78 Å². The van der Waals surface area contributed by atoms with Crippen LogP contribution in [0.3, 0.4) is 0 Å². The summed E-state index contributed by atoms with van der Waals surface area (Å²) < 4.78 is 107. The summed E-state index contributed by atoms with van der Waals surface area (Å²) in [5, 5.41) is -0.803. The Hall–Kier alpha value is -1.69. The van der Waals surface area contributed by atoms with Crippen LogP contribution in [0.15, 0.2) is 35.2 Å². The zero-order valence-electron chi connectivity index (χ0n) is 19.1. The van der Waals surface area contributed by atoms with Crippen molar-refractivity contribution in [3.63, 3.8) is 0 Å². The van der Waals surface area contributed by atoms with Gasteiger partial charge in [0.15, 0.2) is 8.32 Å². The van der Waals surface area contributed by atoms with Crippen molar-refractivity contribution < 1.29 is 39.5 Å². The van der Waals surface area contributed by atoms with Crippen LogP contribution in [0.5, 0.6) is 11.5 Å². The van der Waals surface area contributed by atoms with E-state index in [9.17, 15) is 21.6 Å². The highest BCUT2D eigenvalue weighted by atomic mass is 35.5. The molecule has 0 bridgehead atoms. The molecule has 188 valence electrons. The molecule has 0 amide bonds. The number of ether oxygens (including phenoxy) is 1. The minimum Gasteiger partial charge on any atom is -0.457 e. The Labute approximate surface area is 201 Å². The van der Waals surface area contributed by atoms with Gasteiger partial charge in [-0.1, -0.05) is 32.4 Å². The number of rotatable bonds is 6. The van der Waals surface area contributed by atoms with Crippen LogP contribution in [0.25, 0.3) is 0 Å². The van der Waals surface area contributed by atoms with Crippen LogP contribution in [-0.4, -0.2) is 28.4 Å². The molecule has 1 aliphatic rings. The van der Waals surface area contributed by atoms with E-state index in [1.807, 2.05) is 20.8 Å². The second kappa shape index (κ2) is 8.76. The van der Waals surface area contributed by atoms with Gasteiger partial charge in [-0.3, -0.25) is 0 Å². The molecule has 12 heteroatoms. The van der Waals surface area contributed by atoms with E-state index < -0.39 is 63.7 Å². The van der Waals surface area contributed by atoms with Crippen LogP contribution in [0.1, 0.15) is 38.0 Å². The smallest absolute Gasteiger partial charge is 0.341 e. The molecule has 1 aliphatic carbocycles. The van der Waals surface area contributed by atoms with Gasteiger partial charge in [0.05, 0.1) is 9.92 Å². The van der Waals surface area contributed by atoms with Gasteiger partial charge in [0.1, 0.15) is 23.4 Å². The summed E-state index contributed by atoms with van der Waals surface area (Å²) in [4.78, 5) is -0.928. The standard InChI is InChI=1S/C22H24ClF5O4SSi/c1-21(2,3)34(4,5)32-19-18-13(11-22(19,27)28)16(8-9-17(18)33(29,30)20(25)26)31-12-6-7-15(24)14(23)10-12/h6-10,19-20H,11H2,1-5H3/t19-/m0/s1. The number of halogens is 6. The van der Waals surface area contributed by atoms with Gasteiger partial charge in [0.2, 0.25) is 9.84 Å². The lowest BCUT2D eigenvalue weighted by Gasteiger charge is -2.40. The molecule has 0 aromatic heterocycles. The third-order valence-corrected chi connectivity index (χ3v) is 12.4. The van der Waals surface area contributed by atoms with Gasteiger partial charge in [-0.05, 0) is 42.4 Å². The van der Waals surface area contributed by atoms with E-state index in [0.29, 0.717) is 0 Å². The Morgan fingerprint density at radius 3 is 2.29 bits per heavy atom. The summed E-state index contributed by atoms with van der Waals surface area (Å²) in [6, 6.07) is 5.16. The van der Waals surface area contributed by atoms with E-state index in [-0.39, 0.29) is 22.1 Å². The van der Waals surface area contributed by atoms with Crippen molar-refractivity contribution in [1.29, 1.82) is 0 Å². The maximum Gasteiger partial charge on any atom is 0.341 e. The second-order valence-electron chi connectivity index (χ2n) is 9.63. The zero-order chi connectivity index (χ0) is 25.9. The highest BCUT2D eigenvalue weighted by molar-refractivity contribution is 7.91. The summed E-state index contributed by atoms with van der Waals surface area (Å²) in [6.07, 6.45) is -3.05. The number of alkyl halides is 4. The Balaban J connectivity index is 2.22. The van der Waals surface area contributed by atoms with Gasteiger partial charge >= 0.3 is 5.76 Å². The second-order valence-corrected chi connectivity index (χ2v) is 16.7. The maximum absolute atomic E-state index is 15.3. The highest BCUT2D eigenvalue weighted by Crippen LogP contribution is 2.54. The minimum absolute atomic E-state index is 0.00449. The van der Waals surface area contributed by atoms with Gasteiger partial charge in [0.25, 0.3) is 5.92 Å². The lowest BCUT2D eigenvalue weighted by atomic mass is 10.1. The fraction of sp³-hybridized carbons (Fsp3) is 0.455. The molecule has 2 aromatic rings. The molecule has 0 heterocycles. The zero-order valence-corrected chi connectivity index (χ0v) is 21.6. The first-order valence-electron chi connectivity index (χ1n) is 10.2. The monoisotopic (exact) mass is 542 g/mol. The molecule has 3 rings (SSSR count). The Morgan fingerprint density at radius 2 is 1.76 bits per heavy atom. The summed E-state index contributed by atoms with van der Waals surface area (Å²) >= 11 is 5.75. The first-order valence-corrected chi connectivity index (χ1v) is 15.1. The molecule has 1 atom stereocenters. The Kier molecular flexibility index (Phi) is 6.93. The molecule has 0 aliphatic heterocycles. The fourth-order valence-electron chi connectivity index (χ4n) is 3.36. The van der Waals surface area contributed by atoms with Crippen molar-refractivity contribution in [2.75, 3.05) is 0 Å². The molecule has 0 N–H and O–H groups in total. The predicted molar refractivity (Wildman–Crippen MR) is 121 cm³/mol. The van der Waals surface area contributed by atoms with E-state index in [1.165, 1.54) is 6.07 Å². The molecule has 0 saturated heterocycles. The molecular weight excluding hydrogens is 519 g/mol. The first kappa shape index (κ1) is 26.9. The molecule has 0 fully saturated rings. The van der Waals surface area contributed by atoms with Crippen LogP contribution >= 0.6 is 11.6 Å². The third-order valence-electron chi connectivity index (χ3n) is 6.21. The van der Waals surface area contributed by atoms with Gasteiger partial charge in [0, 0.05) is 23.6 Å². The number of benzene rings is 2. The van der Waals surface area contributed by atoms with Gasteiger partial charge in [-0.15, -0.1) is 0 Å². The van der Waals surface area contributed by atoms with Gasteiger partial charge in [-0.2, -0.15) is 8.78 Å². The van der Waals surface area contributed by atoms with Crippen LogP contribution in [0.2, 0.25) is 23.2 Å². The van der Waals surface area contributed by atoms with Crippen molar-refractivity contribution in [3.05, 3.63) is 52.3 Å². The number of hydrogen-bond acceptors (Lipinski definition) is 4. The van der Waals surface area contributed by atoms with Gasteiger partial charge < -0.3 is 9.16 Å². The molecule has 2 aromatic carbocycles. The van der Waals surface area contributed by atoms with Crippen molar-refractivity contribution in [1.82, 2.24) is 0 Å². The van der Waals surface area contributed by atoms with E-state index in [0.717, 1.165) is 24.3 Å². The highest BCUT2D eigenvalue weighted by Gasteiger charge is 2.55. The number of fused-ring (bicyclic) bond motifs is 1. The largest absolute Gasteiger partial charge is 0.457 e. The van der Waals surface area contributed by atoms with Crippen LogP contribution in [0, 0.1) is 5.82 Å². The van der Waals surface area contributed by atoms with Crippen LogP contribution < -0.4 is 4.74 Å². The van der Waals surface area contributed by atoms with E-state index in [2.05, 4.69) is 0 Å². The maximum atomic E-state index is 15.3. The van der Waals surface area contributed by atoms with Crippen molar-refractivity contribution >= 4 is 29.8 Å². The average molecular weight is 543 g/mol. The van der Waals surface area contributed by atoms with E-state index in [1.54, 1.807) is 13.1 Å². The molecule has 0 unspecified atom stereocenters. The normalized spacial score (nSPS) is 18.3. The molecule has 0 spiro atoms. The third kappa shape index (κ3) is 4.84. The summed E-state index contributed by atoms with van der Waals surface area (Å²) in [7, 11) is -8.14.